The maximum atomic E-state index is 12.4. The van der Waals surface area contributed by atoms with Gasteiger partial charge in [0.25, 0.3) is 5.91 Å². The van der Waals surface area contributed by atoms with Crippen LogP contribution in [0, 0.1) is 0 Å². The predicted octanol–water partition coefficient (Wildman–Crippen LogP) is 1.70. The van der Waals surface area contributed by atoms with Gasteiger partial charge >= 0.3 is 5.97 Å². The zero-order valence-corrected chi connectivity index (χ0v) is 13.8. The Labute approximate surface area is 135 Å². The normalized spacial score (nSPS) is 11.9. The molecule has 0 spiro atoms. The minimum absolute atomic E-state index is 0.141. The summed E-state index contributed by atoms with van der Waals surface area (Å²) in [5, 5.41) is 11.7. The number of carbonyl (C=O) groups is 2. The quantitative estimate of drug-likeness (QED) is 0.718. The standard InChI is InChI=1S/C16H23NO6/c1-10(2)23-14-9-11(22-4)5-6-12(14)15(18)17-13(16(19)20)7-8-21-3/h5-6,9-10,13H,7-8H2,1-4H3,(H,17,18)(H,19,20). The molecule has 1 aromatic carbocycles. The average Bonchev–Trinajstić information content (AvgIpc) is 2.50. The molecule has 0 aliphatic rings. The molecule has 0 fully saturated rings. The summed E-state index contributed by atoms with van der Waals surface area (Å²) in [5.74, 6) is -0.749. The number of hydrogen-bond donors (Lipinski definition) is 2. The maximum absolute atomic E-state index is 12.4. The smallest absolute Gasteiger partial charge is 0.326 e. The van der Waals surface area contributed by atoms with Crippen molar-refractivity contribution in [1.29, 1.82) is 0 Å². The van der Waals surface area contributed by atoms with Crippen molar-refractivity contribution < 1.29 is 28.9 Å². The van der Waals surface area contributed by atoms with Crippen molar-refractivity contribution in [1.82, 2.24) is 5.32 Å². The highest BCUT2D eigenvalue weighted by atomic mass is 16.5. The molecule has 0 aliphatic carbocycles. The van der Waals surface area contributed by atoms with E-state index in [1.807, 2.05) is 13.8 Å². The van der Waals surface area contributed by atoms with Gasteiger partial charge in [-0.3, -0.25) is 4.79 Å². The number of benzene rings is 1. The van der Waals surface area contributed by atoms with Crippen LogP contribution in [0.4, 0.5) is 0 Å². The van der Waals surface area contributed by atoms with Gasteiger partial charge in [0.2, 0.25) is 0 Å². The van der Waals surface area contributed by atoms with Gasteiger partial charge in [0.1, 0.15) is 17.5 Å². The number of carboxylic acids is 1. The van der Waals surface area contributed by atoms with Crippen LogP contribution in [0.1, 0.15) is 30.6 Å². The monoisotopic (exact) mass is 325 g/mol. The highest BCUT2D eigenvalue weighted by Gasteiger charge is 2.23. The number of ether oxygens (including phenoxy) is 3. The van der Waals surface area contributed by atoms with Crippen LogP contribution in [-0.2, 0) is 9.53 Å². The van der Waals surface area contributed by atoms with Gasteiger partial charge in [0.05, 0.1) is 18.8 Å². The van der Waals surface area contributed by atoms with Crippen molar-refractivity contribution in [2.45, 2.75) is 32.4 Å². The molecule has 0 aromatic heterocycles. The molecule has 1 amide bonds. The lowest BCUT2D eigenvalue weighted by molar-refractivity contribution is -0.139. The first-order chi connectivity index (χ1) is 10.9. The average molecular weight is 325 g/mol. The number of aliphatic carboxylic acids is 1. The number of methoxy groups -OCH3 is 2. The van der Waals surface area contributed by atoms with E-state index in [1.165, 1.54) is 14.2 Å². The molecule has 7 nitrogen and oxygen atoms in total. The molecule has 0 heterocycles. The molecule has 0 bridgehead atoms. The Balaban J connectivity index is 2.98. The molecule has 1 rings (SSSR count). The zero-order valence-electron chi connectivity index (χ0n) is 13.8. The van der Waals surface area contributed by atoms with Gasteiger partial charge in [-0.05, 0) is 26.0 Å². The van der Waals surface area contributed by atoms with Crippen molar-refractivity contribution in [2.75, 3.05) is 20.8 Å². The van der Waals surface area contributed by atoms with E-state index in [0.717, 1.165) is 0 Å². The van der Waals surface area contributed by atoms with Crippen LogP contribution in [0.25, 0.3) is 0 Å². The molecular formula is C16H23NO6. The third-order valence-electron chi connectivity index (χ3n) is 3.01. The fourth-order valence-corrected chi connectivity index (χ4v) is 1.90. The van der Waals surface area contributed by atoms with Crippen molar-refractivity contribution in [3.63, 3.8) is 0 Å². The predicted molar refractivity (Wildman–Crippen MR) is 84.1 cm³/mol. The summed E-state index contributed by atoms with van der Waals surface area (Å²) in [6.07, 6.45) is 0.0334. The molecule has 1 aromatic rings. The van der Waals surface area contributed by atoms with E-state index in [4.69, 9.17) is 14.2 Å². The lowest BCUT2D eigenvalue weighted by Gasteiger charge is -2.18. The second kappa shape index (κ2) is 8.99. The van der Waals surface area contributed by atoms with Crippen molar-refractivity contribution in [2.24, 2.45) is 0 Å². The summed E-state index contributed by atoms with van der Waals surface area (Å²) in [7, 11) is 2.98. The number of amides is 1. The third-order valence-corrected chi connectivity index (χ3v) is 3.01. The first kappa shape index (κ1) is 18.8. The largest absolute Gasteiger partial charge is 0.497 e. The van der Waals surface area contributed by atoms with E-state index in [0.29, 0.717) is 11.5 Å². The molecule has 2 N–H and O–H groups in total. The number of carboxylic acid groups (broad SMARTS) is 1. The molecule has 23 heavy (non-hydrogen) atoms. The van der Waals surface area contributed by atoms with Gasteiger partial charge in [0.15, 0.2) is 0 Å². The minimum Gasteiger partial charge on any atom is -0.497 e. The molecule has 0 saturated heterocycles. The number of hydrogen-bond acceptors (Lipinski definition) is 5. The number of carbonyl (C=O) groups excluding carboxylic acids is 1. The molecular weight excluding hydrogens is 302 g/mol. The summed E-state index contributed by atoms with van der Waals surface area (Å²) >= 11 is 0. The SMILES string of the molecule is COCCC(NC(=O)c1ccc(OC)cc1OC(C)C)C(=O)O. The number of nitrogens with one attached hydrogen (secondary N) is 1. The topological polar surface area (TPSA) is 94.1 Å². The molecule has 1 atom stereocenters. The Kier molecular flexibility index (Phi) is 7.34. The first-order valence-electron chi connectivity index (χ1n) is 7.26. The molecule has 1 unspecified atom stereocenters. The van der Waals surface area contributed by atoms with E-state index in [-0.39, 0.29) is 24.7 Å². The van der Waals surface area contributed by atoms with Crippen molar-refractivity contribution in [3.8, 4) is 11.5 Å². The fourth-order valence-electron chi connectivity index (χ4n) is 1.90. The van der Waals surface area contributed by atoms with E-state index >= 15 is 0 Å². The van der Waals surface area contributed by atoms with Gasteiger partial charge in [-0.1, -0.05) is 0 Å². The van der Waals surface area contributed by atoms with Gasteiger partial charge in [-0.15, -0.1) is 0 Å². The maximum Gasteiger partial charge on any atom is 0.326 e. The van der Waals surface area contributed by atoms with E-state index in [9.17, 15) is 14.7 Å². The Hall–Kier alpha value is -2.28. The lowest BCUT2D eigenvalue weighted by Crippen LogP contribution is -2.41. The lowest BCUT2D eigenvalue weighted by atomic mass is 10.1. The first-order valence-corrected chi connectivity index (χ1v) is 7.26. The summed E-state index contributed by atoms with van der Waals surface area (Å²) in [4.78, 5) is 23.6. The Morgan fingerprint density at radius 1 is 1.26 bits per heavy atom. The molecule has 0 radical (unpaired) electrons. The number of rotatable bonds is 9. The second-order valence-electron chi connectivity index (χ2n) is 5.17. The zero-order chi connectivity index (χ0) is 17.4. The highest BCUT2D eigenvalue weighted by Crippen LogP contribution is 2.26. The van der Waals surface area contributed by atoms with Crippen LogP contribution >= 0.6 is 0 Å². The summed E-state index contributed by atoms with van der Waals surface area (Å²) in [6, 6.07) is 3.73. The molecule has 128 valence electrons. The van der Waals surface area contributed by atoms with Crippen LogP contribution in [-0.4, -0.2) is 50.0 Å². The second-order valence-corrected chi connectivity index (χ2v) is 5.17. The molecule has 0 aliphatic heterocycles. The summed E-state index contributed by atoms with van der Waals surface area (Å²) < 4.78 is 15.6. The van der Waals surface area contributed by atoms with Crippen LogP contribution in [0.15, 0.2) is 18.2 Å². The van der Waals surface area contributed by atoms with Crippen LogP contribution in [0.5, 0.6) is 11.5 Å². The summed E-state index contributed by atoms with van der Waals surface area (Å²) in [6.45, 7) is 3.90. The Morgan fingerprint density at radius 3 is 2.48 bits per heavy atom. The van der Waals surface area contributed by atoms with Gasteiger partial charge in [-0.25, -0.2) is 4.79 Å². The van der Waals surface area contributed by atoms with Crippen molar-refractivity contribution in [3.05, 3.63) is 23.8 Å². The fraction of sp³-hybridized carbons (Fsp3) is 0.500. The molecule has 7 heteroatoms. The Bertz CT molecular complexity index is 543. The highest BCUT2D eigenvalue weighted by molar-refractivity contribution is 5.99. The Morgan fingerprint density at radius 2 is 1.96 bits per heavy atom. The van der Waals surface area contributed by atoms with Crippen LogP contribution < -0.4 is 14.8 Å². The summed E-state index contributed by atoms with van der Waals surface area (Å²) in [5.41, 5.74) is 0.253. The molecule has 0 saturated carbocycles. The van der Waals surface area contributed by atoms with Crippen LogP contribution in [0.2, 0.25) is 0 Å². The van der Waals surface area contributed by atoms with E-state index in [1.54, 1.807) is 18.2 Å². The third kappa shape index (κ3) is 5.78. The van der Waals surface area contributed by atoms with Crippen molar-refractivity contribution >= 4 is 11.9 Å². The van der Waals surface area contributed by atoms with E-state index in [2.05, 4.69) is 5.32 Å². The van der Waals surface area contributed by atoms with Crippen LogP contribution in [0.3, 0.4) is 0 Å². The van der Waals surface area contributed by atoms with Gasteiger partial charge in [0, 0.05) is 26.2 Å². The van der Waals surface area contributed by atoms with E-state index < -0.39 is 17.9 Å². The van der Waals surface area contributed by atoms with Gasteiger partial charge in [-0.2, -0.15) is 0 Å². The van der Waals surface area contributed by atoms with Gasteiger partial charge < -0.3 is 24.6 Å². The minimum atomic E-state index is -1.12.